The molecule has 3 atom stereocenters. The molecule has 0 radical (unpaired) electrons. The number of allylic oxidation sites excluding steroid dienone is 4. The second-order valence-corrected chi connectivity index (χ2v) is 13.5. The highest BCUT2D eigenvalue weighted by Crippen LogP contribution is 2.49. The van der Waals surface area contributed by atoms with Crippen LogP contribution >= 0.6 is 0 Å². The number of aliphatic hydroxyl groups excluding tert-OH is 1. The molecule has 248 valence electrons. The van der Waals surface area contributed by atoms with Crippen molar-refractivity contribution in [3.05, 3.63) is 191 Å². The van der Waals surface area contributed by atoms with Crippen LogP contribution in [0.2, 0.25) is 0 Å². The zero-order valence-electron chi connectivity index (χ0n) is 27.8. The Balaban J connectivity index is 1.08. The van der Waals surface area contributed by atoms with E-state index in [9.17, 15) is 19.5 Å². The lowest BCUT2D eigenvalue weighted by atomic mass is 9.69. The summed E-state index contributed by atoms with van der Waals surface area (Å²) < 4.78 is 0. The molecule has 2 heterocycles. The van der Waals surface area contributed by atoms with Crippen LogP contribution in [0.5, 0.6) is 0 Å². The van der Waals surface area contributed by atoms with Crippen LogP contribution in [0.1, 0.15) is 32.2 Å². The van der Waals surface area contributed by atoms with Crippen LogP contribution in [0.4, 0.5) is 11.4 Å². The van der Waals surface area contributed by atoms with Gasteiger partial charge in [-0.25, -0.2) is 4.90 Å². The van der Waals surface area contributed by atoms with Gasteiger partial charge < -0.3 is 5.11 Å². The zero-order chi connectivity index (χ0) is 35.1. The normalized spacial score (nSPS) is 20.5. The second-order valence-electron chi connectivity index (χ2n) is 13.5. The van der Waals surface area contributed by atoms with Crippen molar-refractivity contribution in [1.82, 2.24) is 0 Å². The van der Waals surface area contributed by atoms with Crippen LogP contribution in [-0.4, -0.2) is 29.1 Å². The molecule has 6 aromatic rings. The number of rotatable bonds is 4. The zero-order valence-corrected chi connectivity index (χ0v) is 27.8. The topological polar surface area (TPSA) is 77.9 Å². The molecule has 0 fully saturated rings. The Kier molecular flexibility index (Phi) is 6.65. The summed E-state index contributed by atoms with van der Waals surface area (Å²) in [6.45, 7) is 0. The fourth-order valence-corrected chi connectivity index (χ4v) is 8.63. The van der Waals surface area contributed by atoms with Crippen molar-refractivity contribution in [1.29, 1.82) is 0 Å². The molecule has 52 heavy (non-hydrogen) atoms. The van der Waals surface area contributed by atoms with E-state index in [1.165, 1.54) is 9.80 Å². The molecule has 0 saturated carbocycles. The van der Waals surface area contributed by atoms with Gasteiger partial charge in [0.1, 0.15) is 0 Å². The van der Waals surface area contributed by atoms with Crippen LogP contribution < -0.4 is 9.80 Å². The maximum atomic E-state index is 13.9. The Morgan fingerprint density at radius 2 is 1.13 bits per heavy atom. The number of aliphatic hydroxyl groups is 1. The summed E-state index contributed by atoms with van der Waals surface area (Å²) in [6.07, 6.45) is 8.99. The van der Waals surface area contributed by atoms with Crippen molar-refractivity contribution in [2.24, 2.45) is 5.92 Å². The fraction of sp³-hybridized carbons (Fsp3) is 0.0652. The first-order valence-corrected chi connectivity index (χ1v) is 17.4. The minimum atomic E-state index is -1.10. The third kappa shape index (κ3) is 4.25. The van der Waals surface area contributed by atoms with Gasteiger partial charge in [0.25, 0.3) is 17.7 Å². The molecule has 1 N–H and O–H groups in total. The van der Waals surface area contributed by atoms with E-state index < -0.39 is 6.23 Å². The molecule has 6 aromatic carbocycles. The summed E-state index contributed by atoms with van der Waals surface area (Å²) in [5.74, 6) is -1.12. The molecular weight excluding hydrogens is 645 g/mol. The van der Waals surface area contributed by atoms with Gasteiger partial charge in [-0.05, 0) is 74.8 Å². The molecule has 3 amide bonds. The molecule has 0 bridgehead atoms. The van der Waals surface area contributed by atoms with Gasteiger partial charge in [-0.1, -0.05) is 121 Å². The minimum Gasteiger partial charge on any atom is -0.369 e. The number of carbonyl (C=O) groups excluding carboxylic acids is 3. The molecule has 6 nitrogen and oxygen atoms in total. The molecule has 10 rings (SSSR count). The molecular formula is C46H30N2O4. The lowest BCUT2D eigenvalue weighted by molar-refractivity contribution is -0.116. The summed E-state index contributed by atoms with van der Waals surface area (Å²) in [5.41, 5.74) is 7.44. The average molecular weight is 675 g/mol. The number of benzene rings is 6. The molecule has 2 aliphatic carbocycles. The van der Waals surface area contributed by atoms with Gasteiger partial charge in [0.2, 0.25) is 0 Å². The fourth-order valence-electron chi connectivity index (χ4n) is 8.63. The third-order valence-corrected chi connectivity index (χ3v) is 10.9. The number of hydrogen-bond donors (Lipinski definition) is 1. The SMILES string of the molecule is O=C1c2cccc3c(-c4ccc(C5C=CC6=C7C(=CC=CC75)C(O)N(c5ccccc5)C6=O)c5ccccc45)ccc(c23)C(=O)N1c1ccccc1. The van der Waals surface area contributed by atoms with E-state index >= 15 is 0 Å². The number of fused-ring (bicyclic) bond motifs is 1. The Labute approximate surface area is 299 Å². The van der Waals surface area contributed by atoms with E-state index in [0.29, 0.717) is 33.5 Å². The summed E-state index contributed by atoms with van der Waals surface area (Å²) in [7, 11) is 0. The van der Waals surface area contributed by atoms with Crippen molar-refractivity contribution < 1.29 is 19.5 Å². The molecule has 2 aliphatic heterocycles. The first kappa shape index (κ1) is 30.2. The number of imide groups is 1. The Morgan fingerprint density at radius 3 is 1.90 bits per heavy atom. The van der Waals surface area contributed by atoms with Gasteiger partial charge in [0.15, 0.2) is 6.23 Å². The van der Waals surface area contributed by atoms with E-state index in [-0.39, 0.29) is 29.6 Å². The quantitative estimate of drug-likeness (QED) is 0.190. The Bertz CT molecular complexity index is 2650. The van der Waals surface area contributed by atoms with E-state index in [0.717, 1.165) is 44.0 Å². The van der Waals surface area contributed by atoms with Gasteiger partial charge in [0, 0.05) is 45.2 Å². The molecule has 4 aliphatic rings. The Morgan fingerprint density at radius 1 is 0.519 bits per heavy atom. The van der Waals surface area contributed by atoms with E-state index in [2.05, 4.69) is 36.4 Å². The minimum absolute atomic E-state index is 0.0866. The van der Waals surface area contributed by atoms with E-state index in [1.54, 1.807) is 18.2 Å². The largest absolute Gasteiger partial charge is 0.369 e. The second kappa shape index (κ2) is 11.5. The molecule has 0 aromatic heterocycles. The summed E-state index contributed by atoms with van der Waals surface area (Å²) in [6, 6.07) is 40.4. The highest BCUT2D eigenvalue weighted by molar-refractivity contribution is 6.36. The molecule has 0 spiro atoms. The summed E-state index contributed by atoms with van der Waals surface area (Å²) in [4.78, 5) is 44.4. The van der Waals surface area contributed by atoms with Gasteiger partial charge >= 0.3 is 0 Å². The Hall–Kier alpha value is -6.63. The van der Waals surface area contributed by atoms with Crippen molar-refractivity contribution >= 4 is 50.6 Å². The van der Waals surface area contributed by atoms with Gasteiger partial charge in [-0.3, -0.25) is 19.3 Å². The average Bonchev–Trinajstić information content (AvgIpc) is 3.19. The van der Waals surface area contributed by atoms with Gasteiger partial charge in [-0.2, -0.15) is 0 Å². The van der Waals surface area contributed by atoms with Crippen LogP contribution in [0, 0.1) is 5.92 Å². The summed E-state index contributed by atoms with van der Waals surface area (Å²) >= 11 is 0. The summed E-state index contributed by atoms with van der Waals surface area (Å²) in [5, 5.41) is 15.2. The lowest BCUT2D eigenvalue weighted by Gasteiger charge is -2.42. The number of anilines is 2. The maximum Gasteiger partial charge on any atom is 0.265 e. The third-order valence-electron chi connectivity index (χ3n) is 10.9. The maximum absolute atomic E-state index is 13.9. The molecule has 3 unspecified atom stereocenters. The number of hydrogen-bond acceptors (Lipinski definition) is 4. The smallest absolute Gasteiger partial charge is 0.265 e. The van der Waals surface area contributed by atoms with Crippen LogP contribution in [0.15, 0.2) is 174 Å². The first-order valence-electron chi connectivity index (χ1n) is 17.4. The van der Waals surface area contributed by atoms with E-state index in [4.69, 9.17) is 0 Å². The van der Waals surface area contributed by atoms with Crippen molar-refractivity contribution in [2.75, 3.05) is 9.80 Å². The number of amides is 3. The highest BCUT2D eigenvalue weighted by atomic mass is 16.3. The van der Waals surface area contributed by atoms with Crippen LogP contribution in [0.25, 0.3) is 32.7 Å². The van der Waals surface area contributed by atoms with Crippen LogP contribution in [0.3, 0.4) is 0 Å². The van der Waals surface area contributed by atoms with Crippen molar-refractivity contribution in [2.45, 2.75) is 12.1 Å². The highest BCUT2D eigenvalue weighted by Gasteiger charge is 2.43. The molecule has 0 saturated heterocycles. The number of carbonyl (C=O) groups is 3. The molecule has 6 heteroatoms. The van der Waals surface area contributed by atoms with Gasteiger partial charge in [-0.15, -0.1) is 0 Å². The first-order chi connectivity index (χ1) is 25.5. The van der Waals surface area contributed by atoms with E-state index in [1.807, 2.05) is 103 Å². The number of para-hydroxylation sites is 2. The van der Waals surface area contributed by atoms with Gasteiger partial charge in [0.05, 0.1) is 5.69 Å². The van der Waals surface area contributed by atoms with Crippen LogP contribution in [-0.2, 0) is 4.79 Å². The predicted octanol–water partition coefficient (Wildman–Crippen LogP) is 8.89. The number of nitrogens with zero attached hydrogens (tertiary/aromatic N) is 2. The standard InChI is InChI=1S/C46H30N2O4/c49-43-37-19-9-17-35-33(23-25-39(41(35)37)45(51)47(43)27-11-3-1-4-12-27)31-21-22-32(30-16-8-7-15-29(30)31)34-24-26-40-42-36(34)18-10-20-38(42)44(50)48(46(40)52)28-13-5-2-6-14-28/h1-26,33,35,43,49H. The monoisotopic (exact) mass is 674 g/mol. The van der Waals surface area contributed by atoms with Crippen molar-refractivity contribution in [3.63, 3.8) is 0 Å². The lowest BCUT2D eigenvalue weighted by Crippen LogP contribution is -2.48. The predicted molar refractivity (Wildman–Crippen MR) is 204 cm³/mol. The van der Waals surface area contributed by atoms with Crippen molar-refractivity contribution in [3.8, 4) is 11.1 Å².